The first kappa shape index (κ1) is 17.3. The number of para-hydroxylation sites is 2. The minimum absolute atomic E-state index is 0.442. The maximum Gasteiger partial charge on any atom is 0.160 e. The molecule has 3 aromatic rings. The third-order valence-electron chi connectivity index (χ3n) is 4.81. The van der Waals surface area contributed by atoms with Crippen LogP contribution in [0, 0.1) is 0 Å². The molecule has 4 heteroatoms. The zero-order chi connectivity index (χ0) is 17.8. The number of benzene rings is 2. The highest BCUT2D eigenvalue weighted by Gasteiger charge is 2.15. The zero-order valence-electron chi connectivity index (χ0n) is 15.5. The van der Waals surface area contributed by atoms with Gasteiger partial charge in [0, 0.05) is 12.5 Å². The molecule has 0 radical (unpaired) electrons. The largest absolute Gasteiger partial charge is 0.493 e. The highest BCUT2D eigenvalue weighted by molar-refractivity contribution is 5.76. The zero-order valence-corrected chi connectivity index (χ0v) is 15.5. The molecule has 0 saturated heterocycles. The molecule has 0 aliphatic rings. The number of nitrogens with zero attached hydrogens (tertiary/aromatic N) is 2. The molecule has 0 aliphatic carbocycles. The summed E-state index contributed by atoms with van der Waals surface area (Å²) < 4.78 is 13.1. The van der Waals surface area contributed by atoms with Crippen LogP contribution in [0.4, 0.5) is 0 Å². The van der Waals surface area contributed by atoms with E-state index in [1.807, 2.05) is 6.07 Å². The van der Waals surface area contributed by atoms with Crippen molar-refractivity contribution in [1.82, 2.24) is 9.55 Å². The van der Waals surface area contributed by atoms with Gasteiger partial charge in [-0.25, -0.2) is 4.98 Å². The van der Waals surface area contributed by atoms with Crippen LogP contribution in [0.5, 0.6) is 11.5 Å². The fourth-order valence-electron chi connectivity index (χ4n) is 3.16. The van der Waals surface area contributed by atoms with Gasteiger partial charge in [0.15, 0.2) is 11.5 Å². The summed E-state index contributed by atoms with van der Waals surface area (Å²) in [6.07, 6.45) is 2.00. The third-order valence-corrected chi connectivity index (χ3v) is 4.81. The van der Waals surface area contributed by atoms with Gasteiger partial charge in [-0.15, -0.1) is 0 Å². The molecule has 0 spiro atoms. The molecular weight excluding hydrogens is 312 g/mol. The topological polar surface area (TPSA) is 36.3 Å². The second kappa shape index (κ2) is 7.60. The van der Waals surface area contributed by atoms with Gasteiger partial charge in [-0.1, -0.05) is 32.0 Å². The van der Waals surface area contributed by atoms with Crippen molar-refractivity contribution in [3.63, 3.8) is 0 Å². The van der Waals surface area contributed by atoms with Crippen molar-refractivity contribution in [2.45, 2.75) is 39.2 Å². The molecule has 1 heterocycles. The minimum Gasteiger partial charge on any atom is -0.493 e. The molecule has 0 amide bonds. The SMILES string of the molecule is CCC(C)c1nc2ccccc2n1CCc1ccc(OC)c(OC)c1. The number of aryl methyl sites for hydroxylation is 2. The van der Waals surface area contributed by atoms with Crippen LogP contribution in [0.15, 0.2) is 42.5 Å². The Hall–Kier alpha value is -2.49. The number of methoxy groups -OCH3 is 2. The lowest BCUT2D eigenvalue weighted by atomic mass is 10.1. The van der Waals surface area contributed by atoms with Gasteiger partial charge in [0.25, 0.3) is 0 Å². The highest BCUT2D eigenvalue weighted by Crippen LogP contribution is 2.29. The molecule has 2 aromatic carbocycles. The second-order valence-electron chi connectivity index (χ2n) is 6.36. The average molecular weight is 338 g/mol. The van der Waals surface area contributed by atoms with Crippen molar-refractivity contribution in [3.8, 4) is 11.5 Å². The lowest BCUT2D eigenvalue weighted by molar-refractivity contribution is 0.354. The van der Waals surface area contributed by atoms with Gasteiger partial charge in [-0.2, -0.15) is 0 Å². The van der Waals surface area contributed by atoms with Crippen molar-refractivity contribution >= 4 is 11.0 Å². The Morgan fingerprint density at radius 1 is 1.04 bits per heavy atom. The van der Waals surface area contributed by atoms with E-state index in [0.29, 0.717) is 5.92 Å². The van der Waals surface area contributed by atoms with E-state index >= 15 is 0 Å². The van der Waals surface area contributed by atoms with Gasteiger partial charge in [-0.05, 0) is 42.7 Å². The lowest BCUT2D eigenvalue weighted by Crippen LogP contribution is -2.09. The van der Waals surface area contributed by atoms with Crippen molar-refractivity contribution in [2.75, 3.05) is 14.2 Å². The first-order chi connectivity index (χ1) is 12.2. The fraction of sp³-hybridized carbons (Fsp3) is 0.381. The van der Waals surface area contributed by atoms with E-state index in [1.54, 1.807) is 14.2 Å². The van der Waals surface area contributed by atoms with Crippen molar-refractivity contribution < 1.29 is 9.47 Å². The summed E-state index contributed by atoms with van der Waals surface area (Å²) in [4.78, 5) is 4.88. The Kier molecular flexibility index (Phi) is 5.27. The predicted molar refractivity (Wildman–Crippen MR) is 102 cm³/mol. The van der Waals surface area contributed by atoms with E-state index in [2.05, 4.69) is 54.8 Å². The van der Waals surface area contributed by atoms with Gasteiger partial charge < -0.3 is 14.0 Å². The van der Waals surface area contributed by atoms with Crippen molar-refractivity contribution in [1.29, 1.82) is 0 Å². The van der Waals surface area contributed by atoms with E-state index in [-0.39, 0.29) is 0 Å². The third kappa shape index (κ3) is 3.48. The Labute approximate surface area is 149 Å². The standard InChI is InChI=1S/C21H26N2O2/c1-5-15(2)21-22-17-8-6-7-9-18(17)23(21)13-12-16-10-11-19(24-3)20(14-16)25-4/h6-11,14-15H,5,12-13H2,1-4H3. The Bertz CT molecular complexity index is 854. The van der Waals surface area contributed by atoms with Gasteiger partial charge in [-0.3, -0.25) is 0 Å². The number of fused-ring (bicyclic) bond motifs is 1. The van der Waals surface area contributed by atoms with Crippen LogP contribution < -0.4 is 9.47 Å². The lowest BCUT2D eigenvalue weighted by Gasteiger charge is -2.14. The summed E-state index contributed by atoms with van der Waals surface area (Å²) in [5.74, 6) is 3.15. The number of imidazole rings is 1. The van der Waals surface area contributed by atoms with Crippen molar-refractivity contribution in [3.05, 3.63) is 53.9 Å². The smallest absolute Gasteiger partial charge is 0.160 e. The van der Waals surface area contributed by atoms with E-state index in [1.165, 1.54) is 16.9 Å². The van der Waals surface area contributed by atoms with Crippen LogP contribution in [0.1, 0.15) is 37.6 Å². The predicted octanol–water partition coefficient (Wildman–Crippen LogP) is 4.81. The first-order valence-corrected chi connectivity index (χ1v) is 8.84. The van der Waals surface area contributed by atoms with E-state index in [4.69, 9.17) is 14.5 Å². The monoisotopic (exact) mass is 338 g/mol. The second-order valence-corrected chi connectivity index (χ2v) is 6.36. The normalized spacial score (nSPS) is 12.3. The number of ether oxygens (including phenoxy) is 2. The Morgan fingerprint density at radius 3 is 2.52 bits per heavy atom. The average Bonchev–Trinajstić information content (AvgIpc) is 3.04. The van der Waals surface area contributed by atoms with E-state index in [0.717, 1.165) is 36.4 Å². The molecule has 0 bridgehead atoms. The van der Waals surface area contributed by atoms with Gasteiger partial charge in [0.1, 0.15) is 5.82 Å². The minimum atomic E-state index is 0.442. The van der Waals surface area contributed by atoms with Gasteiger partial charge >= 0.3 is 0 Å². The molecule has 0 saturated carbocycles. The van der Waals surface area contributed by atoms with Crippen LogP contribution in [0.3, 0.4) is 0 Å². The summed E-state index contributed by atoms with van der Waals surface area (Å²) in [6.45, 7) is 5.35. The Morgan fingerprint density at radius 2 is 1.80 bits per heavy atom. The van der Waals surface area contributed by atoms with Crippen LogP contribution in [-0.2, 0) is 13.0 Å². The van der Waals surface area contributed by atoms with Crippen LogP contribution in [0.25, 0.3) is 11.0 Å². The van der Waals surface area contributed by atoms with Crippen LogP contribution >= 0.6 is 0 Å². The van der Waals surface area contributed by atoms with Crippen LogP contribution in [0.2, 0.25) is 0 Å². The van der Waals surface area contributed by atoms with Gasteiger partial charge in [0.2, 0.25) is 0 Å². The molecule has 1 aromatic heterocycles. The number of rotatable bonds is 7. The molecule has 132 valence electrons. The number of aromatic nitrogens is 2. The number of hydrogen-bond donors (Lipinski definition) is 0. The molecule has 1 atom stereocenters. The van der Waals surface area contributed by atoms with Gasteiger partial charge in [0.05, 0.1) is 25.3 Å². The van der Waals surface area contributed by atoms with Crippen LogP contribution in [-0.4, -0.2) is 23.8 Å². The quantitative estimate of drug-likeness (QED) is 0.620. The number of hydrogen-bond acceptors (Lipinski definition) is 3. The fourth-order valence-corrected chi connectivity index (χ4v) is 3.16. The summed E-state index contributed by atoms with van der Waals surface area (Å²) in [5, 5.41) is 0. The molecule has 3 rings (SSSR count). The Balaban J connectivity index is 1.90. The maximum absolute atomic E-state index is 5.42. The summed E-state index contributed by atoms with van der Waals surface area (Å²) in [5.41, 5.74) is 3.51. The maximum atomic E-state index is 5.42. The van der Waals surface area contributed by atoms with E-state index < -0.39 is 0 Å². The van der Waals surface area contributed by atoms with E-state index in [9.17, 15) is 0 Å². The van der Waals surface area contributed by atoms with Crippen molar-refractivity contribution in [2.24, 2.45) is 0 Å². The molecule has 0 aliphatic heterocycles. The molecule has 0 N–H and O–H groups in total. The molecular formula is C21H26N2O2. The molecule has 4 nitrogen and oxygen atoms in total. The molecule has 25 heavy (non-hydrogen) atoms. The summed E-state index contributed by atoms with van der Waals surface area (Å²) in [6, 6.07) is 14.5. The molecule has 0 fully saturated rings. The first-order valence-electron chi connectivity index (χ1n) is 8.84. The summed E-state index contributed by atoms with van der Waals surface area (Å²) >= 11 is 0. The highest BCUT2D eigenvalue weighted by atomic mass is 16.5. The summed E-state index contributed by atoms with van der Waals surface area (Å²) in [7, 11) is 3.33. The molecule has 1 unspecified atom stereocenters.